The van der Waals surface area contributed by atoms with Crippen molar-refractivity contribution in [2.24, 2.45) is 0 Å². The van der Waals surface area contributed by atoms with Crippen molar-refractivity contribution in [3.8, 4) is 0 Å². The number of fused-ring (bicyclic) bond motifs is 1. The number of nitrogens with one attached hydrogen (secondary N) is 1. The molecule has 0 saturated carbocycles. The van der Waals surface area contributed by atoms with Crippen LogP contribution in [-0.4, -0.2) is 18.0 Å². The van der Waals surface area contributed by atoms with Gasteiger partial charge in [-0.15, -0.1) is 11.3 Å². The molecule has 0 saturated heterocycles. The van der Waals surface area contributed by atoms with Gasteiger partial charge in [0.25, 0.3) is 5.91 Å². The molecule has 0 unspecified atom stereocenters. The van der Waals surface area contributed by atoms with Gasteiger partial charge in [0, 0.05) is 10.4 Å². The van der Waals surface area contributed by atoms with Gasteiger partial charge in [0.2, 0.25) is 0 Å². The predicted molar refractivity (Wildman–Crippen MR) is 101 cm³/mol. The second-order valence-electron chi connectivity index (χ2n) is 6.00. The smallest absolute Gasteiger partial charge is 0.349 e. The predicted octanol–water partition coefficient (Wildman–Crippen LogP) is 4.70. The molecule has 0 aliphatic carbocycles. The van der Waals surface area contributed by atoms with Gasteiger partial charge in [-0.3, -0.25) is 4.79 Å². The third-order valence-corrected chi connectivity index (χ3v) is 5.02. The molecule has 3 aromatic rings. The molecule has 0 spiro atoms. The van der Waals surface area contributed by atoms with Gasteiger partial charge in [0.15, 0.2) is 6.10 Å². The van der Waals surface area contributed by atoms with E-state index in [-0.39, 0.29) is 5.91 Å². The molecule has 0 bridgehead atoms. The van der Waals surface area contributed by atoms with E-state index >= 15 is 0 Å². The van der Waals surface area contributed by atoms with Crippen molar-refractivity contribution < 1.29 is 14.3 Å². The topological polar surface area (TPSA) is 55.4 Å². The first-order valence-corrected chi connectivity index (χ1v) is 8.83. The van der Waals surface area contributed by atoms with Crippen molar-refractivity contribution in [1.29, 1.82) is 0 Å². The first-order valence-electron chi connectivity index (χ1n) is 8.02. The van der Waals surface area contributed by atoms with Gasteiger partial charge < -0.3 is 10.1 Å². The van der Waals surface area contributed by atoms with Crippen molar-refractivity contribution in [1.82, 2.24) is 0 Å². The molecule has 1 aromatic heterocycles. The molecule has 1 N–H and O–H groups in total. The summed E-state index contributed by atoms with van der Waals surface area (Å²) in [5.41, 5.74) is 2.82. The molecule has 128 valence electrons. The van der Waals surface area contributed by atoms with Crippen LogP contribution in [-0.2, 0) is 9.53 Å². The van der Waals surface area contributed by atoms with Crippen LogP contribution in [0.1, 0.15) is 27.7 Å². The highest BCUT2D eigenvalue weighted by atomic mass is 32.1. The number of esters is 1. The standard InChI is InChI=1S/C20H19NO3S/c1-12-8-9-16(13(2)10-12)21-19(22)14(3)24-20(23)18-11-15-6-4-5-7-17(15)25-18/h4-11,14H,1-3H3,(H,21,22)/t14-/m1/s1. The highest BCUT2D eigenvalue weighted by molar-refractivity contribution is 7.20. The van der Waals surface area contributed by atoms with Crippen molar-refractivity contribution in [3.63, 3.8) is 0 Å². The van der Waals surface area contributed by atoms with E-state index in [2.05, 4.69) is 5.32 Å². The summed E-state index contributed by atoms with van der Waals surface area (Å²) < 4.78 is 6.34. The van der Waals surface area contributed by atoms with Crippen molar-refractivity contribution in [2.75, 3.05) is 5.32 Å². The zero-order valence-electron chi connectivity index (χ0n) is 14.3. The van der Waals surface area contributed by atoms with Gasteiger partial charge in [0.1, 0.15) is 4.88 Å². The van der Waals surface area contributed by atoms with Crippen molar-refractivity contribution in [3.05, 3.63) is 64.5 Å². The van der Waals surface area contributed by atoms with E-state index in [0.717, 1.165) is 26.9 Å². The van der Waals surface area contributed by atoms with E-state index in [0.29, 0.717) is 4.88 Å². The molecule has 3 rings (SSSR count). The molecule has 5 heteroatoms. The van der Waals surface area contributed by atoms with Crippen LogP contribution in [0, 0.1) is 13.8 Å². The number of carbonyl (C=O) groups is 2. The first-order chi connectivity index (χ1) is 11.9. The van der Waals surface area contributed by atoms with Gasteiger partial charge >= 0.3 is 5.97 Å². The van der Waals surface area contributed by atoms with Crippen LogP contribution in [0.5, 0.6) is 0 Å². The van der Waals surface area contributed by atoms with Gasteiger partial charge in [-0.05, 0) is 49.9 Å². The Morgan fingerprint density at radius 3 is 2.56 bits per heavy atom. The van der Waals surface area contributed by atoms with E-state index in [9.17, 15) is 9.59 Å². The van der Waals surface area contributed by atoms with Crippen molar-refractivity contribution >= 4 is 39.0 Å². The van der Waals surface area contributed by atoms with E-state index in [1.54, 1.807) is 13.0 Å². The average Bonchev–Trinajstić information content (AvgIpc) is 3.01. The zero-order chi connectivity index (χ0) is 18.0. The Kier molecular flexibility index (Phi) is 4.86. The van der Waals surface area contributed by atoms with E-state index in [1.807, 2.05) is 56.3 Å². The molecule has 0 radical (unpaired) electrons. The molecule has 1 heterocycles. The van der Waals surface area contributed by atoms with E-state index in [1.165, 1.54) is 11.3 Å². The highest BCUT2D eigenvalue weighted by Crippen LogP contribution is 2.26. The molecule has 1 atom stereocenters. The number of ether oxygens (including phenoxy) is 1. The van der Waals surface area contributed by atoms with Crippen LogP contribution in [0.4, 0.5) is 5.69 Å². The summed E-state index contributed by atoms with van der Waals surface area (Å²) in [6.07, 6.45) is -0.876. The maximum Gasteiger partial charge on any atom is 0.349 e. The summed E-state index contributed by atoms with van der Waals surface area (Å²) in [5.74, 6) is -0.828. The fourth-order valence-electron chi connectivity index (χ4n) is 2.54. The number of benzene rings is 2. The van der Waals surface area contributed by atoms with Crippen LogP contribution in [0.3, 0.4) is 0 Å². The fraction of sp³-hybridized carbons (Fsp3) is 0.200. The summed E-state index contributed by atoms with van der Waals surface area (Å²) in [5, 5.41) is 3.80. The third-order valence-electron chi connectivity index (χ3n) is 3.92. The quantitative estimate of drug-likeness (QED) is 0.692. The number of amides is 1. The molecule has 2 aromatic carbocycles. The Labute approximate surface area is 150 Å². The molecule has 0 aliphatic heterocycles. The average molecular weight is 353 g/mol. The number of hydrogen-bond donors (Lipinski definition) is 1. The fourth-order valence-corrected chi connectivity index (χ4v) is 3.49. The largest absolute Gasteiger partial charge is 0.448 e. The van der Waals surface area contributed by atoms with Gasteiger partial charge in [-0.1, -0.05) is 35.9 Å². The van der Waals surface area contributed by atoms with Crippen LogP contribution < -0.4 is 5.32 Å². The molecule has 25 heavy (non-hydrogen) atoms. The lowest BCUT2D eigenvalue weighted by Crippen LogP contribution is -2.30. The Bertz CT molecular complexity index is 912. The molecular formula is C20H19NO3S. The SMILES string of the molecule is Cc1ccc(NC(=O)[C@@H](C)OC(=O)c2cc3ccccc3s2)c(C)c1. The zero-order valence-corrected chi connectivity index (χ0v) is 15.1. The summed E-state index contributed by atoms with van der Waals surface area (Å²) in [6.45, 7) is 5.49. The second kappa shape index (κ2) is 7.07. The summed E-state index contributed by atoms with van der Waals surface area (Å²) >= 11 is 1.36. The molecular weight excluding hydrogens is 334 g/mol. The lowest BCUT2D eigenvalue weighted by molar-refractivity contribution is -0.123. The van der Waals surface area contributed by atoms with Gasteiger partial charge in [-0.25, -0.2) is 4.79 Å². The Hall–Kier alpha value is -2.66. The normalized spacial score (nSPS) is 12.0. The number of rotatable bonds is 4. The molecule has 1 amide bonds. The minimum absolute atomic E-state index is 0.346. The van der Waals surface area contributed by atoms with Crippen LogP contribution in [0.25, 0.3) is 10.1 Å². The highest BCUT2D eigenvalue weighted by Gasteiger charge is 2.21. The second-order valence-corrected chi connectivity index (χ2v) is 7.09. The summed E-state index contributed by atoms with van der Waals surface area (Å²) in [4.78, 5) is 25.1. The molecule has 0 fully saturated rings. The maximum absolute atomic E-state index is 12.3. The lowest BCUT2D eigenvalue weighted by Gasteiger charge is -2.14. The lowest BCUT2D eigenvalue weighted by atomic mass is 10.1. The van der Waals surface area contributed by atoms with Gasteiger partial charge in [0.05, 0.1) is 0 Å². The number of aryl methyl sites for hydroxylation is 2. The molecule has 4 nitrogen and oxygen atoms in total. The number of hydrogen-bond acceptors (Lipinski definition) is 4. The van der Waals surface area contributed by atoms with Crippen LogP contribution >= 0.6 is 11.3 Å². The molecule has 0 aliphatic rings. The van der Waals surface area contributed by atoms with Crippen LogP contribution in [0.15, 0.2) is 48.5 Å². The summed E-state index contributed by atoms with van der Waals surface area (Å²) in [6, 6.07) is 15.3. The summed E-state index contributed by atoms with van der Waals surface area (Å²) in [7, 11) is 0. The van der Waals surface area contributed by atoms with Gasteiger partial charge in [-0.2, -0.15) is 0 Å². The third kappa shape index (κ3) is 3.88. The minimum Gasteiger partial charge on any atom is -0.448 e. The van der Waals surface area contributed by atoms with E-state index in [4.69, 9.17) is 4.74 Å². The number of thiophene rings is 1. The Morgan fingerprint density at radius 1 is 1.08 bits per heavy atom. The Balaban J connectivity index is 1.67. The van der Waals surface area contributed by atoms with Crippen LogP contribution in [0.2, 0.25) is 0 Å². The minimum atomic E-state index is -0.876. The Morgan fingerprint density at radius 2 is 1.84 bits per heavy atom. The van der Waals surface area contributed by atoms with Crippen molar-refractivity contribution in [2.45, 2.75) is 26.9 Å². The number of carbonyl (C=O) groups excluding carboxylic acids is 2. The number of anilines is 1. The first kappa shape index (κ1) is 17.2. The van der Waals surface area contributed by atoms with E-state index < -0.39 is 12.1 Å². The maximum atomic E-state index is 12.3. The monoisotopic (exact) mass is 353 g/mol.